The molecule has 0 unspecified atom stereocenters. The Hall–Kier alpha value is -3.83. The van der Waals surface area contributed by atoms with Crippen LogP contribution in [0.4, 0.5) is 21.5 Å². The number of rotatable bonds is 9. The van der Waals surface area contributed by atoms with Crippen molar-refractivity contribution in [2.45, 2.75) is 50.2 Å². The van der Waals surface area contributed by atoms with Gasteiger partial charge in [0.25, 0.3) is 0 Å². The lowest BCUT2D eigenvalue weighted by Gasteiger charge is -2.25. The number of halogens is 1. The van der Waals surface area contributed by atoms with E-state index in [0.717, 1.165) is 16.8 Å². The molecule has 210 valence electrons. The molecule has 0 aliphatic carbocycles. The van der Waals surface area contributed by atoms with Gasteiger partial charge < -0.3 is 36.4 Å². The standard InChI is InChI=1S/C30H34FN5O4/c31-21-5-11-24(12-6-21)36(17-19-1-7-22(8-2-19)34-29(39)27-13-25(37)15-32-27)18-20-3-9-23(10-4-20)35-30(40)28-14-26(38)16-33-28/h1-12,25-28,32-33,37-38H,13-18H2,(H,34,39)(H,35,40)/t25-,26-,27-,28-/m0/s1. The number of benzene rings is 3. The molecule has 2 fully saturated rings. The number of amides is 2. The lowest BCUT2D eigenvalue weighted by atomic mass is 10.1. The average molecular weight is 548 g/mol. The van der Waals surface area contributed by atoms with Crippen LogP contribution in [0.15, 0.2) is 72.8 Å². The fourth-order valence-electron chi connectivity index (χ4n) is 5.01. The SMILES string of the molecule is O=C(Nc1ccc(CN(Cc2ccc(NC(=O)[C@@H]3C[C@H](O)CN3)cc2)c2ccc(F)cc2)cc1)[C@@H]1C[C@H](O)CN1. The molecule has 0 saturated carbocycles. The molecule has 2 amide bonds. The highest BCUT2D eigenvalue weighted by Gasteiger charge is 2.29. The molecule has 0 bridgehead atoms. The molecule has 2 aliphatic rings. The van der Waals surface area contributed by atoms with E-state index in [-0.39, 0.29) is 17.6 Å². The topological polar surface area (TPSA) is 126 Å². The van der Waals surface area contributed by atoms with Gasteiger partial charge >= 0.3 is 0 Å². The van der Waals surface area contributed by atoms with Crippen molar-refractivity contribution in [1.29, 1.82) is 0 Å². The van der Waals surface area contributed by atoms with Crippen LogP contribution in [0.3, 0.4) is 0 Å². The highest BCUT2D eigenvalue weighted by molar-refractivity contribution is 5.95. The first-order valence-electron chi connectivity index (χ1n) is 13.5. The third-order valence-electron chi connectivity index (χ3n) is 7.23. The zero-order valence-electron chi connectivity index (χ0n) is 22.0. The van der Waals surface area contributed by atoms with E-state index in [1.165, 1.54) is 12.1 Å². The van der Waals surface area contributed by atoms with Crippen molar-refractivity contribution in [2.24, 2.45) is 0 Å². The highest BCUT2D eigenvalue weighted by atomic mass is 19.1. The zero-order chi connectivity index (χ0) is 28.1. The first-order chi connectivity index (χ1) is 19.3. The molecule has 3 aromatic rings. The summed E-state index contributed by atoms with van der Waals surface area (Å²) in [5.41, 5.74) is 4.21. The van der Waals surface area contributed by atoms with E-state index in [1.54, 1.807) is 12.1 Å². The van der Waals surface area contributed by atoms with E-state index >= 15 is 0 Å². The van der Waals surface area contributed by atoms with E-state index in [2.05, 4.69) is 26.2 Å². The normalized spacial score (nSPS) is 22.2. The molecule has 2 heterocycles. The summed E-state index contributed by atoms with van der Waals surface area (Å²) in [5, 5.41) is 31.1. The molecule has 2 aliphatic heterocycles. The van der Waals surface area contributed by atoms with Crippen molar-refractivity contribution in [2.75, 3.05) is 28.6 Å². The number of nitrogens with one attached hydrogen (secondary N) is 4. The first-order valence-corrected chi connectivity index (χ1v) is 13.5. The number of β-amino-alcohol motifs (C(OH)–C–C–N with tert-alkyl or cyclic N) is 2. The molecule has 10 heteroatoms. The van der Waals surface area contributed by atoms with Crippen molar-refractivity contribution in [1.82, 2.24) is 10.6 Å². The fourth-order valence-corrected chi connectivity index (χ4v) is 5.01. The summed E-state index contributed by atoms with van der Waals surface area (Å²) in [6.07, 6.45) is -0.221. The van der Waals surface area contributed by atoms with Crippen LogP contribution in [0, 0.1) is 5.82 Å². The molecule has 0 spiro atoms. The maximum atomic E-state index is 13.6. The summed E-state index contributed by atoms with van der Waals surface area (Å²) < 4.78 is 13.6. The average Bonchev–Trinajstić information content (AvgIpc) is 3.59. The summed E-state index contributed by atoms with van der Waals surface area (Å²) in [5.74, 6) is -0.652. The Morgan fingerprint density at radius 3 is 1.52 bits per heavy atom. The van der Waals surface area contributed by atoms with Gasteiger partial charge in [0, 0.05) is 43.2 Å². The molecule has 40 heavy (non-hydrogen) atoms. The van der Waals surface area contributed by atoms with Gasteiger partial charge in [-0.3, -0.25) is 9.59 Å². The second-order valence-electron chi connectivity index (χ2n) is 10.4. The van der Waals surface area contributed by atoms with Crippen LogP contribution < -0.4 is 26.2 Å². The van der Waals surface area contributed by atoms with Gasteiger partial charge in [0.05, 0.1) is 24.3 Å². The largest absolute Gasteiger partial charge is 0.392 e. The molecule has 4 atom stereocenters. The molecule has 3 aromatic carbocycles. The molecule has 9 nitrogen and oxygen atoms in total. The van der Waals surface area contributed by atoms with E-state index in [1.807, 2.05) is 48.5 Å². The molecule has 0 radical (unpaired) electrons. The van der Waals surface area contributed by atoms with Crippen molar-refractivity contribution >= 4 is 28.9 Å². The number of hydrogen-bond donors (Lipinski definition) is 6. The second kappa shape index (κ2) is 12.6. The van der Waals surface area contributed by atoms with Crippen LogP contribution in [0.5, 0.6) is 0 Å². The first kappa shape index (κ1) is 27.7. The molecule has 5 rings (SSSR count). The number of carbonyl (C=O) groups excluding carboxylic acids is 2. The fraction of sp³-hybridized carbons (Fsp3) is 0.333. The van der Waals surface area contributed by atoms with Gasteiger partial charge in [-0.15, -0.1) is 0 Å². The van der Waals surface area contributed by atoms with E-state index in [0.29, 0.717) is 50.4 Å². The number of nitrogens with zero attached hydrogens (tertiary/aromatic N) is 1. The molecule has 6 N–H and O–H groups in total. The van der Waals surface area contributed by atoms with Gasteiger partial charge in [-0.1, -0.05) is 24.3 Å². The smallest absolute Gasteiger partial charge is 0.241 e. The van der Waals surface area contributed by atoms with Gasteiger partial charge in [0.2, 0.25) is 11.8 Å². The Morgan fingerprint density at radius 1 is 0.725 bits per heavy atom. The predicted octanol–water partition coefficient (Wildman–Crippen LogP) is 2.36. The van der Waals surface area contributed by atoms with Crippen LogP contribution in [0.1, 0.15) is 24.0 Å². The number of carbonyl (C=O) groups is 2. The third kappa shape index (κ3) is 7.22. The second-order valence-corrected chi connectivity index (χ2v) is 10.4. The van der Waals surface area contributed by atoms with Crippen molar-refractivity contribution in [3.8, 4) is 0 Å². The highest BCUT2D eigenvalue weighted by Crippen LogP contribution is 2.23. The monoisotopic (exact) mass is 547 g/mol. The minimum atomic E-state index is -0.505. The van der Waals surface area contributed by atoms with Gasteiger partial charge in [0.1, 0.15) is 5.82 Å². The number of hydrogen-bond acceptors (Lipinski definition) is 7. The van der Waals surface area contributed by atoms with Gasteiger partial charge in [0.15, 0.2) is 0 Å². The minimum Gasteiger partial charge on any atom is -0.392 e. The number of aliphatic hydroxyl groups excluding tert-OH is 2. The Morgan fingerprint density at radius 2 is 1.15 bits per heavy atom. The molecular formula is C30H34FN5O4. The lowest BCUT2D eigenvalue weighted by Crippen LogP contribution is -2.35. The van der Waals surface area contributed by atoms with Crippen LogP contribution in [0.25, 0.3) is 0 Å². The molecule has 2 saturated heterocycles. The zero-order valence-corrected chi connectivity index (χ0v) is 22.0. The molecule has 0 aromatic heterocycles. The van der Waals surface area contributed by atoms with Gasteiger partial charge in [-0.25, -0.2) is 4.39 Å². The Balaban J connectivity index is 1.23. The maximum absolute atomic E-state index is 13.6. The van der Waals surface area contributed by atoms with Crippen molar-refractivity contribution < 1.29 is 24.2 Å². The summed E-state index contributed by atoms with van der Waals surface area (Å²) in [7, 11) is 0. The van der Waals surface area contributed by atoms with Crippen LogP contribution in [-0.4, -0.2) is 59.4 Å². The van der Waals surface area contributed by atoms with Gasteiger partial charge in [-0.2, -0.15) is 0 Å². The summed E-state index contributed by atoms with van der Waals surface area (Å²) in [6.45, 7) is 1.92. The van der Waals surface area contributed by atoms with E-state index in [4.69, 9.17) is 0 Å². The summed E-state index contributed by atoms with van der Waals surface area (Å²) in [4.78, 5) is 27.0. The van der Waals surface area contributed by atoms with Crippen LogP contribution >= 0.6 is 0 Å². The van der Waals surface area contributed by atoms with Crippen LogP contribution in [0.2, 0.25) is 0 Å². The summed E-state index contributed by atoms with van der Waals surface area (Å²) >= 11 is 0. The van der Waals surface area contributed by atoms with Crippen molar-refractivity contribution in [3.63, 3.8) is 0 Å². The van der Waals surface area contributed by atoms with E-state index < -0.39 is 24.3 Å². The Kier molecular flexibility index (Phi) is 8.71. The number of anilines is 3. The lowest BCUT2D eigenvalue weighted by molar-refractivity contribution is -0.118. The third-order valence-corrected chi connectivity index (χ3v) is 7.23. The predicted molar refractivity (Wildman–Crippen MR) is 151 cm³/mol. The van der Waals surface area contributed by atoms with Gasteiger partial charge in [-0.05, 0) is 72.5 Å². The van der Waals surface area contributed by atoms with E-state index in [9.17, 15) is 24.2 Å². The van der Waals surface area contributed by atoms with Crippen molar-refractivity contribution in [3.05, 3.63) is 89.7 Å². The minimum absolute atomic E-state index is 0.172. The Labute approximate surface area is 232 Å². The quantitative estimate of drug-likeness (QED) is 0.243. The molecular weight excluding hydrogens is 513 g/mol. The summed E-state index contributed by atoms with van der Waals surface area (Å²) in [6, 6.07) is 20.7. The maximum Gasteiger partial charge on any atom is 0.241 e. The number of aliphatic hydroxyl groups is 2. The van der Waals surface area contributed by atoms with Crippen LogP contribution in [-0.2, 0) is 22.7 Å². The Bertz CT molecular complexity index is 1220.